The lowest BCUT2D eigenvalue weighted by molar-refractivity contribution is -0.202. The number of anilines is 1. The lowest BCUT2D eigenvalue weighted by Crippen LogP contribution is -2.62. The van der Waals surface area contributed by atoms with Crippen molar-refractivity contribution < 1.29 is 9.84 Å². The topological polar surface area (TPSA) is 72.6 Å². The van der Waals surface area contributed by atoms with Crippen LogP contribution in [0.4, 0.5) is 5.82 Å². The molecule has 26 heavy (non-hydrogen) atoms. The summed E-state index contributed by atoms with van der Waals surface area (Å²) in [5, 5.41) is 20.0. The van der Waals surface area contributed by atoms with Gasteiger partial charge in [0.1, 0.15) is 11.9 Å². The van der Waals surface area contributed by atoms with E-state index in [1.165, 1.54) is 0 Å². The third kappa shape index (κ3) is 3.44. The van der Waals surface area contributed by atoms with Crippen molar-refractivity contribution in [2.75, 3.05) is 45.2 Å². The monoisotopic (exact) mass is 358 g/mol. The second-order valence-corrected chi connectivity index (χ2v) is 8.03. The van der Waals surface area contributed by atoms with Crippen molar-refractivity contribution >= 4 is 5.82 Å². The molecule has 1 aromatic heterocycles. The van der Waals surface area contributed by atoms with Crippen molar-refractivity contribution in [1.82, 2.24) is 9.88 Å². The van der Waals surface area contributed by atoms with E-state index in [1.807, 2.05) is 34.0 Å². The molecule has 1 aliphatic heterocycles. The molecule has 0 unspecified atom stereocenters. The van der Waals surface area contributed by atoms with Gasteiger partial charge in [0.05, 0.1) is 24.4 Å². The fourth-order valence-corrected chi connectivity index (χ4v) is 4.31. The van der Waals surface area contributed by atoms with E-state index in [4.69, 9.17) is 4.74 Å². The summed E-state index contributed by atoms with van der Waals surface area (Å²) in [4.78, 5) is 8.94. The van der Waals surface area contributed by atoms with Crippen LogP contribution >= 0.6 is 0 Å². The van der Waals surface area contributed by atoms with Gasteiger partial charge in [-0.2, -0.15) is 5.26 Å². The zero-order valence-electron chi connectivity index (χ0n) is 16.3. The molecule has 2 fully saturated rings. The van der Waals surface area contributed by atoms with Crippen LogP contribution in [0.25, 0.3) is 0 Å². The number of likely N-dealkylation sites (N-methyl/N-ethyl adjacent to an activating group) is 1. The largest absolute Gasteiger partial charge is 0.392 e. The minimum absolute atomic E-state index is 0.130. The maximum absolute atomic E-state index is 10.5. The maximum atomic E-state index is 10.5. The Morgan fingerprint density at radius 2 is 2.08 bits per heavy atom. The van der Waals surface area contributed by atoms with Gasteiger partial charge in [0.25, 0.3) is 0 Å². The van der Waals surface area contributed by atoms with E-state index in [0.29, 0.717) is 12.2 Å². The first-order valence-electron chi connectivity index (χ1n) is 9.45. The summed E-state index contributed by atoms with van der Waals surface area (Å²) in [6.07, 6.45) is 2.35. The van der Waals surface area contributed by atoms with Crippen molar-refractivity contribution in [3.05, 3.63) is 22.9 Å². The van der Waals surface area contributed by atoms with Crippen LogP contribution in [0.15, 0.2) is 6.07 Å². The van der Waals surface area contributed by atoms with Crippen LogP contribution in [0.1, 0.15) is 36.1 Å². The van der Waals surface area contributed by atoms with Gasteiger partial charge < -0.3 is 19.6 Å². The molecule has 0 amide bonds. The molecule has 1 saturated heterocycles. The van der Waals surface area contributed by atoms with Gasteiger partial charge in [-0.15, -0.1) is 0 Å². The summed E-state index contributed by atoms with van der Waals surface area (Å²) < 4.78 is 6.09. The van der Waals surface area contributed by atoms with E-state index in [9.17, 15) is 10.4 Å². The predicted molar refractivity (Wildman–Crippen MR) is 101 cm³/mol. The van der Waals surface area contributed by atoms with Crippen LogP contribution in [-0.4, -0.2) is 67.5 Å². The third-order valence-corrected chi connectivity index (χ3v) is 6.03. The molecule has 2 heterocycles. The maximum Gasteiger partial charge on any atom is 0.147 e. The van der Waals surface area contributed by atoms with Crippen molar-refractivity contribution in [2.45, 2.75) is 45.3 Å². The van der Waals surface area contributed by atoms with E-state index in [-0.39, 0.29) is 17.6 Å². The molecule has 3 rings (SSSR count). The zero-order chi connectivity index (χ0) is 18.9. The SMILES string of the molecule is Cc1cc(C)c(C#N)c(N2CCC3(CC2)[C@H](O)C[C@@H]3OCCN(C)C)n1. The fourth-order valence-electron chi connectivity index (χ4n) is 4.31. The molecule has 0 aromatic carbocycles. The Hall–Kier alpha value is -1.68. The quantitative estimate of drug-likeness (QED) is 0.866. The van der Waals surface area contributed by atoms with Gasteiger partial charge in [0, 0.05) is 37.2 Å². The fraction of sp³-hybridized carbons (Fsp3) is 0.700. The van der Waals surface area contributed by atoms with Gasteiger partial charge in [0.2, 0.25) is 0 Å². The zero-order valence-corrected chi connectivity index (χ0v) is 16.3. The lowest BCUT2D eigenvalue weighted by Gasteiger charge is -2.56. The number of hydrogen-bond donors (Lipinski definition) is 1. The summed E-state index contributed by atoms with van der Waals surface area (Å²) in [6, 6.07) is 4.27. The minimum atomic E-state index is -0.281. The molecule has 0 radical (unpaired) electrons. The molecule has 0 bridgehead atoms. The van der Waals surface area contributed by atoms with Crippen molar-refractivity contribution in [3.8, 4) is 6.07 Å². The second-order valence-electron chi connectivity index (χ2n) is 8.03. The number of aliphatic hydroxyl groups excluding tert-OH is 1. The summed E-state index contributed by atoms with van der Waals surface area (Å²) in [5.74, 6) is 0.790. The molecule has 2 aliphatic rings. The Bertz CT molecular complexity index is 690. The molecule has 1 N–H and O–H groups in total. The molecular weight excluding hydrogens is 328 g/mol. The minimum Gasteiger partial charge on any atom is -0.392 e. The molecule has 6 nitrogen and oxygen atoms in total. The number of pyridine rings is 1. The predicted octanol–water partition coefficient (Wildman–Crippen LogP) is 1.87. The summed E-state index contributed by atoms with van der Waals surface area (Å²) in [5.41, 5.74) is 2.45. The van der Waals surface area contributed by atoms with Crippen LogP contribution in [0.3, 0.4) is 0 Å². The number of nitriles is 1. The van der Waals surface area contributed by atoms with E-state index >= 15 is 0 Å². The highest BCUT2D eigenvalue weighted by Crippen LogP contribution is 2.51. The first-order chi connectivity index (χ1) is 12.4. The van der Waals surface area contributed by atoms with E-state index in [1.54, 1.807) is 0 Å². The second kappa shape index (κ2) is 7.51. The first-order valence-corrected chi connectivity index (χ1v) is 9.45. The number of aryl methyl sites for hydroxylation is 2. The van der Waals surface area contributed by atoms with E-state index in [2.05, 4.69) is 20.9 Å². The Kier molecular flexibility index (Phi) is 5.52. The van der Waals surface area contributed by atoms with Crippen molar-refractivity contribution in [1.29, 1.82) is 5.26 Å². The Morgan fingerprint density at radius 3 is 2.65 bits per heavy atom. The molecule has 1 spiro atoms. The number of piperidine rings is 1. The van der Waals surface area contributed by atoms with Crippen LogP contribution in [0, 0.1) is 30.6 Å². The number of rotatable bonds is 5. The normalized spacial score (nSPS) is 24.6. The average molecular weight is 358 g/mol. The highest BCUT2D eigenvalue weighted by molar-refractivity contribution is 5.58. The van der Waals surface area contributed by atoms with Crippen LogP contribution < -0.4 is 4.90 Å². The molecular formula is C20H30N4O2. The smallest absolute Gasteiger partial charge is 0.147 e. The number of aromatic nitrogens is 1. The number of nitrogens with zero attached hydrogens (tertiary/aromatic N) is 4. The number of aliphatic hydroxyl groups is 1. The average Bonchev–Trinajstić information content (AvgIpc) is 2.60. The number of hydrogen-bond acceptors (Lipinski definition) is 6. The van der Waals surface area contributed by atoms with Crippen LogP contribution in [0.2, 0.25) is 0 Å². The summed E-state index contributed by atoms with van der Waals surface area (Å²) >= 11 is 0. The Morgan fingerprint density at radius 1 is 1.38 bits per heavy atom. The highest BCUT2D eigenvalue weighted by Gasteiger charge is 2.56. The van der Waals surface area contributed by atoms with Gasteiger partial charge in [-0.3, -0.25) is 0 Å². The molecule has 2 atom stereocenters. The standard InChI is InChI=1S/C20H30N4O2/c1-14-11-15(2)22-19(16(14)13-21)24-7-5-20(6-8-24)17(25)12-18(20)26-10-9-23(3)4/h11,17-18,25H,5-10,12H2,1-4H3/t17-,18+/m1/s1. The number of ether oxygens (including phenoxy) is 1. The molecule has 142 valence electrons. The van der Waals surface area contributed by atoms with Gasteiger partial charge >= 0.3 is 0 Å². The molecule has 1 saturated carbocycles. The van der Waals surface area contributed by atoms with Crippen LogP contribution in [0.5, 0.6) is 0 Å². The van der Waals surface area contributed by atoms with E-state index in [0.717, 1.165) is 56.0 Å². The Balaban J connectivity index is 1.68. The molecule has 1 aromatic rings. The lowest BCUT2D eigenvalue weighted by atomic mass is 9.58. The van der Waals surface area contributed by atoms with Gasteiger partial charge in [-0.25, -0.2) is 4.98 Å². The van der Waals surface area contributed by atoms with Crippen molar-refractivity contribution in [3.63, 3.8) is 0 Å². The van der Waals surface area contributed by atoms with Gasteiger partial charge in [0.15, 0.2) is 0 Å². The summed E-state index contributed by atoms with van der Waals surface area (Å²) in [6.45, 7) is 7.13. The van der Waals surface area contributed by atoms with Gasteiger partial charge in [-0.05, 0) is 52.4 Å². The van der Waals surface area contributed by atoms with Crippen LogP contribution in [-0.2, 0) is 4.74 Å². The first kappa shape index (κ1) is 19.1. The van der Waals surface area contributed by atoms with Gasteiger partial charge in [-0.1, -0.05) is 0 Å². The summed E-state index contributed by atoms with van der Waals surface area (Å²) in [7, 11) is 4.08. The highest BCUT2D eigenvalue weighted by atomic mass is 16.5. The molecule has 6 heteroatoms. The molecule has 1 aliphatic carbocycles. The third-order valence-electron chi connectivity index (χ3n) is 6.03. The van der Waals surface area contributed by atoms with Crippen molar-refractivity contribution in [2.24, 2.45) is 5.41 Å². The Labute approximate surface area is 156 Å². The van der Waals surface area contributed by atoms with E-state index < -0.39 is 0 Å².